The second-order valence-corrected chi connectivity index (χ2v) is 6.83. The van der Waals surface area contributed by atoms with Crippen molar-refractivity contribution in [2.45, 2.75) is 32.6 Å². The molecule has 0 amide bonds. The van der Waals surface area contributed by atoms with Crippen LogP contribution >= 0.6 is 23.8 Å². The highest BCUT2D eigenvalue weighted by Gasteiger charge is 2.03. The number of benzene rings is 2. The lowest BCUT2D eigenvalue weighted by Gasteiger charge is -2.11. The molecule has 0 unspecified atom stereocenters. The summed E-state index contributed by atoms with van der Waals surface area (Å²) in [5, 5.41) is 6.73. The van der Waals surface area contributed by atoms with Crippen LogP contribution in [0.4, 0.5) is 10.1 Å². The van der Waals surface area contributed by atoms with E-state index in [4.69, 9.17) is 23.8 Å². The lowest BCUT2D eigenvalue weighted by molar-refractivity contribution is 0.628. The second-order valence-electron chi connectivity index (χ2n) is 6.01. The van der Waals surface area contributed by atoms with E-state index in [-0.39, 0.29) is 5.02 Å². The fraction of sp³-hybridized carbons (Fsp3) is 0.316. The number of thiocarbonyl (C=S) groups is 1. The first-order chi connectivity index (χ1) is 11.5. The summed E-state index contributed by atoms with van der Waals surface area (Å²) in [6.07, 6.45) is 1.98. The molecule has 2 aromatic rings. The Balaban J connectivity index is 1.71. The topological polar surface area (TPSA) is 24.1 Å². The molecule has 0 aliphatic carbocycles. The third-order valence-corrected chi connectivity index (χ3v) is 4.29. The van der Waals surface area contributed by atoms with Gasteiger partial charge in [-0.3, -0.25) is 0 Å². The van der Waals surface area contributed by atoms with Crippen LogP contribution in [-0.4, -0.2) is 11.7 Å². The van der Waals surface area contributed by atoms with Crippen LogP contribution in [0.1, 0.15) is 37.3 Å². The van der Waals surface area contributed by atoms with Crippen molar-refractivity contribution in [1.29, 1.82) is 0 Å². The van der Waals surface area contributed by atoms with Gasteiger partial charge in [0.05, 0.1) is 5.02 Å². The van der Waals surface area contributed by atoms with E-state index in [1.165, 1.54) is 23.3 Å². The van der Waals surface area contributed by atoms with Crippen LogP contribution < -0.4 is 10.6 Å². The first kappa shape index (κ1) is 18.7. The number of anilines is 1. The van der Waals surface area contributed by atoms with Gasteiger partial charge < -0.3 is 10.6 Å². The Morgan fingerprint density at radius 1 is 1.17 bits per heavy atom. The molecule has 0 atom stereocenters. The van der Waals surface area contributed by atoms with Crippen LogP contribution in [0.15, 0.2) is 42.5 Å². The Hall–Kier alpha value is -1.65. The van der Waals surface area contributed by atoms with Crippen molar-refractivity contribution in [3.05, 3.63) is 64.4 Å². The summed E-state index contributed by atoms with van der Waals surface area (Å²) in [5.41, 5.74) is 3.36. The van der Waals surface area contributed by atoms with Gasteiger partial charge >= 0.3 is 0 Å². The molecule has 0 saturated heterocycles. The maximum Gasteiger partial charge on any atom is 0.170 e. The number of rotatable bonds is 6. The molecule has 0 aliphatic rings. The van der Waals surface area contributed by atoms with Crippen molar-refractivity contribution in [2.75, 3.05) is 11.9 Å². The molecule has 128 valence electrons. The summed E-state index contributed by atoms with van der Waals surface area (Å²) in [6.45, 7) is 5.16. The van der Waals surface area contributed by atoms with Gasteiger partial charge in [0, 0.05) is 12.2 Å². The monoisotopic (exact) mass is 364 g/mol. The molecule has 2 aromatic carbocycles. The molecule has 0 aromatic heterocycles. The van der Waals surface area contributed by atoms with Crippen LogP contribution in [0.5, 0.6) is 0 Å². The van der Waals surface area contributed by atoms with E-state index in [0.717, 1.165) is 19.4 Å². The molecule has 0 aliphatic heterocycles. The van der Waals surface area contributed by atoms with Crippen LogP contribution in [-0.2, 0) is 6.42 Å². The zero-order valence-electron chi connectivity index (χ0n) is 13.9. The van der Waals surface area contributed by atoms with E-state index in [9.17, 15) is 4.39 Å². The Bertz CT molecular complexity index is 686. The Morgan fingerprint density at radius 3 is 2.50 bits per heavy atom. The van der Waals surface area contributed by atoms with Gasteiger partial charge in [-0.25, -0.2) is 4.39 Å². The largest absolute Gasteiger partial charge is 0.362 e. The highest BCUT2D eigenvalue weighted by molar-refractivity contribution is 7.80. The van der Waals surface area contributed by atoms with Gasteiger partial charge in [-0.15, -0.1) is 0 Å². The first-order valence-electron chi connectivity index (χ1n) is 8.04. The minimum Gasteiger partial charge on any atom is -0.362 e. The molecule has 0 fully saturated rings. The molecule has 24 heavy (non-hydrogen) atoms. The van der Waals surface area contributed by atoms with Gasteiger partial charge in [-0.2, -0.15) is 0 Å². The molecule has 0 heterocycles. The number of aryl methyl sites for hydroxylation is 1. The fourth-order valence-electron chi connectivity index (χ4n) is 2.31. The maximum atomic E-state index is 13.1. The van der Waals surface area contributed by atoms with Crippen molar-refractivity contribution in [3.8, 4) is 0 Å². The molecule has 0 spiro atoms. The molecule has 0 saturated carbocycles. The Kier molecular flexibility index (Phi) is 7.00. The van der Waals surface area contributed by atoms with E-state index >= 15 is 0 Å². The molecule has 0 radical (unpaired) electrons. The van der Waals surface area contributed by atoms with Crippen molar-refractivity contribution >= 4 is 34.6 Å². The van der Waals surface area contributed by atoms with Crippen molar-refractivity contribution in [3.63, 3.8) is 0 Å². The van der Waals surface area contributed by atoms with Crippen LogP contribution in [0.2, 0.25) is 5.02 Å². The van der Waals surface area contributed by atoms with Gasteiger partial charge in [-0.1, -0.05) is 49.7 Å². The van der Waals surface area contributed by atoms with E-state index in [2.05, 4.69) is 48.7 Å². The van der Waals surface area contributed by atoms with Gasteiger partial charge in [0.1, 0.15) is 5.82 Å². The minimum atomic E-state index is -0.440. The average Bonchev–Trinajstić information content (AvgIpc) is 2.55. The third-order valence-electron chi connectivity index (χ3n) is 3.75. The zero-order valence-corrected chi connectivity index (χ0v) is 15.5. The van der Waals surface area contributed by atoms with E-state index in [0.29, 0.717) is 16.7 Å². The van der Waals surface area contributed by atoms with Crippen molar-refractivity contribution in [2.24, 2.45) is 0 Å². The SMILES string of the molecule is CC(C)c1ccc(CCCNC(=S)Nc2ccc(F)c(Cl)c2)cc1. The van der Waals surface area contributed by atoms with E-state index < -0.39 is 5.82 Å². The van der Waals surface area contributed by atoms with Crippen molar-refractivity contribution in [1.82, 2.24) is 5.32 Å². The number of hydrogen-bond acceptors (Lipinski definition) is 1. The summed E-state index contributed by atoms with van der Waals surface area (Å²) in [5.74, 6) is 0.119. The third kappa shape index (κ3) is 5.77. The predicted molar refractivity (Wildman–Crippen MR) is 104 cm³/mol. The summed E-state index contributed by atoms with van der Waals surface area (Å²) < 4.78 is 13.1. The zero-order chi connectivity index (χ0) is 17.5. The second kappa shape index (κ2) is 9.00. The highest BCUT2D eigenvalue weighted by atomic mass is 35.5. The molecule has 2 nitrogen and oxygen atoms in total. The first-order valence-corrected chi connectivity index (χ1v) is 8.83. The Labute approximate surface area is 153 Å². The molecule has 5 heteroatoms. The molecule has 2 rings (SSSR count). The average molecular weight is 365 g/mol. The minimum absolute atomic E-state index is 0.0765. The van der Waals surface area contributed by atoms with Crippen molar-refractivity contribution < 1.29 is 4.39 Å². The number of halogens is 2. The van der Waals surface area contributed by atoms with Gasteiger partial charge in [0.25, 0.3) is 0 Å². The molecular weight excluding hydrogens is 343 g/mol. The highest BCUT2D eigenvalue weighted by Crippen LogP contribution is 2.19. The predicted octanol–water partition coefficient (Wildman–Crippen LogP) is 5.52. The summed E-state index contributed by atoms with van der Waals surface area (Å²) in [4.78, 5) is 0. The summed E-state index contributed by atoms with van der Waals surface area (Å²) in [6, 6.07) is 13.2. The quantitative estimate of drug-likeness (QED) is 0.521. The van der Waals surface area contributed by atoms with Crippen LogP contribution in [0.3, 0.4) is 0 Å². The molecular formula is C19H22ClFN2S. The summed E-state index contributed by atoms with van der Waals surface area (Å²) in [7, 11) is 0. The van der Waals surface area contributed by atoms with E-state index in [1.54, 1.807) is 6.07 Å². The summed E-state index contributed by atoms with van der Waals surface area (Å²) >= 11 is 11.0. The fourth-order valence-corrected chi connectivity index (χ4v) is 2.71. The molecule has 0 bridgehead atoms. The van der Waals surface area contributed by atoms with E-state index in [1.807, 2.05) is 0 Å². The van der Waals surface area contributed by atoms with Gasteiger partial charge in [-0.05, 0) is 60.3 Å². The smallest absolute Gasteiger partial charge is 0.170 e. The standard InChI is InChI=1S/C19H22ClFN2S/c1-13(2)15-7-5-14(6-8-15)4-3-11-22-19(24)23-16-9-10-18(21)17(20)12-16/h5-10,12-13H,3-4,11H2,1-2H3,(H2,22,23,24). The lowest BCUT2D eigenvalue weighted by atomic mass is 10.0. The van der Waals surface area contributed by atoms with Gasteiger partial charge in [0.2, 0.25) is 0 Å². The lowest BCUT2D eigenvalue weighted by Crippen LogP contribution is -2.29. The maximum absolute atomic E-state index is 13.1. The van der Waals surface area contributed by atoms with Gasteiger partial charge in [0.15, 0.2) is 5.11 Å². The van der Waals surface area contributed by atoms with Crippen LogP contribution in [0, 0.1) is 5.82 Å². The number of hydrogen-bond donors (Lipinski definition) is 2. The van der Waals surface area contributed by atoms with Crippen LogP contribution in [0.25, 0.3) is 0 Å². The Morgan fingerprint density at radius 2 is 1.88 bits per heavy atom. The molecule has 2 N–H and O–H groups in total. The normalized spacial score (nSPS) is 10.7. The number of nitrogens with one attached hydrogen (secondary N) is 2.